The number of amidine groups is 1. The molecule has 3 aliphatic rings. The lowest BCUT2D eigenvalue weighted by atomic mass is 9.86. The summed E-state index contributed by atoms with van der Waals surface area (Å²) in [5.74, 6) is 3.77. The average Bonchev–Trinajstić information content (AvgIpc) is 3.26. The molecule has 4 nitrogen and oxygen atoms in total. The summed E-state index contributed by atoms with van der Waals surface area (Å²) in [7, 11) is 0. The second-order valence-corrected chi connectivity index (χ2v) is 8.79. The van der Waals surface area contributed by atoms with Crippen LogP contribution in [-0.2, 0) is 0 Å². The molecule has 30 heavy (non-hydrogen) atoms. The number of benzene rings is 1. The molecule has 1 aliphatic carbocycles. The van der Waals surface area contributed by atoms with Gasteiger partial charge in [-0.15, -0.1) is 0 Å². The van der Waals surface area contributed by atoms with Crippen molar-refractivity contribution < 1.29 is 0 Å². The minimum absolute atomic E-state index is 0.731. The van der Waals surface area contributed by atoms with Gasteiger partial charge in [0.1, 0.15) is 17.5 Å². The fraction of sp³-hybridized carbons (Fsp3) is 0.480. The molecule has 0 N–H and O–H groups in total. The Kier molecular flexibility index (Phi) is 6.83. The van der Waals surface area contributed by atoms with Gasteiger partial charge in [-0.2, -0.15) is 0 Å². The van der Waals surface area contributed by atoms with Crippen LogP contribution >= 0.6 is 11.6 Å². The summed E-state index contributed by atoms with van der Waals surface area (Å²) in [4.78, 5) is 15.7. The zero-order chi connectivity index (χ0) is 20.9. The number of hydrogen-bond donors (Lipinski definition) is 0. The number of anilines is 1. The van der Waals surface area contributed by atoms with Crippen molar-refractivity contribution in [2.45, 2.75) is 58.8 Å². The van der Waals surface area contributed by atoms with Gasteiger partial charge >= 0.3 is 0 Å². The molecule has 1 aromatic carbocycles. The van der Waals surface area contributed by atoms with Gasteiger partial charge in [-0.25, -0.2) is 9.97 Å². The number of hydrogen-bond acceptors (Lipinski definition) is 4. The van der Waals surface area contributed by atoms with Gasteiger partial charge in [-0.3, -0.25) is 4.99 Å². The van der Waals surface area contributed by atoms with Crippen LogP contribution in [0.15, 0.2) is 35.5 Å². The highest BCUT2D eigenvalue weighted by molar-refractivity contribution is 6.40. The van der Waals surface area contributed by atoms with Crippen LogP contribution in [0.1, 0.15) is 68.8 Å². The lowest BCUT2D eigenvalue weighted by Gasteiger charge is -2.27. The summed E-state index contributed by atoms with van der Waals surface area (Å²) in [5, 5.41) is 0.731. The van der Waals surface area contributed by atoms with E-state index in [0.717, 1.165) is 58.2 Å². The average molecular weight is 423 g/mol. The van der Waals surface area contributed by atoms with E-state index in [4.69, 9.17) is 11.6 Å². The zero-order valence-corrected chi connectivity index (χ0v) is 18.8. The molecule has 0 atom stereocenters. The van der Waals surface area contributed by atoms with E-state index >= 15 is 0 Å². The third kappa shape index (κ3) is 4.59. The first-order chi connectivity index (χ1) is 14.7. The second kappa shape index (κ2) is 9.74. The Morgan fingerprint density at radius 2 is 1.93 bits per heavy atom. The van der Waals surface area contributed by atoms with Crippen molar-refractivity contribution in [1.29, 1.82) is 0 Å². The molecule has 0 unspecified atom stereocenters. The molecule has 2 aromatic rings. The smallest absolute Gasteiger partial charge is 0.145 e. The zero-order valence-electron chi connectivity index (χ0n) is 18.1. The van der Waals surface area contributed by atoms with Crippen LogP contribution in [0.5, 0.6) is 0 Å². The predicted molar refractivity (Wildman–Crippen MR) is 127 cm³/mol. The molecule has 0 radical (unpaired) electrons. The van der Waals surface area contributed by atoms with Gasteiger partial charge in [0.05, 0.1) is 6.54 Å². The van der Waals surface area contributed by atoms with Gasteiger partial charge in [0, 0.05) is 34.5 Å². The molecule has 0 bridgehead atoms. The number of nitrogens with zero attached hydrogens (tertiary/aromatic N) is 4. The van der Waals surface area contributed by atoms with Gasteiger partial charge in [0.2, 0.25) is 0 Å². The standard InChI is InChI=1S/C16H13ClN4.C9H18/c1-10-19-9-11-8-13(12-4-2-3-5-14(12)17)16-18-6-7-21(16)15(11)20-10;1-2-6-9-7-4-3-5-8-9/h2-5,8-9H,6-7H2,1H3;9H,2-8H2,1H3. The Morgan fingerprint density at radius 1 is 1.13 bits per heavy atom. The van der Waals surface area contributed by atoms with Crippen molar-refractivity contribution in [3.8, 4) is 0 Å². The van der Waals surface area contributed by atoms with E-state index in [1.54, 1.807) is 0 Å². The summed E-state index contributed by atoms with van der Waals surface area (Å²) in [5.41, 5.74) is 3.05. The van der Waals surface area contributed by atoms with Crippen molar-refractivity contribution in [3.63, 3.8) is 0 Å². The van der Waals surface area contributed by atoms with Gasteiger partial charge in [0.25, 0.3) is 0 Å². The summed E-state index contributed by atoms with van der Waals surface area (Å²) < 4.78 is 0. The molecular weight excluding hydrogens is 392 g/mol. The summed E-state index contributed by atoms with van der Waals surface area (Å²) in [6, 6.07) is 7.85. The number of fused-ring (bicyclic) bond motifs is 3. The predicted octanol–water partition coefficient (Wildman–Crippen LogP) is 6.58. The molecule has 0 spiro atoms. The van der Waals surface area contributed by atoms with Gasteiger partial charge in [0.15, 0.2) is 0 Å². The molecular formula is C25H31ClN4. The van der Waals surface area contributed by atoms with Crippen molar-refractivity contribution in [1.82, 2.24) is 9.97 Å². The third-order valence-electron chi connectivity index (χ3n) is 6.14. The topological polar surface area (TPSA) is 41.4 Å². The third-order valence-corrected chi connectivity index (χ3v) is 6.47. The molecule has 158 valence electrons. The van der Waals surface area contributed by atoms with E-state index in [0.29, 0.717) is 0 Å². The quantitative estimate of drug-likeness (QED) is 0.561. The van der Waals surface area contributed by atoms with Crippen molar-refractivity contribution in [2.75, 3.05) is 18.0 Å². The SMILES string of the molecule is CCCC1CCCCC1.Cc1ncc2c(n1)N1CCN=C1C(c1ccccc1Cl)=C2. The van der Waals surface area contributed by atoms with Gasteiger partial charge in [-0.05, 0) is 25.0 Å². The largest absolute Gasteiger partial charge is 0.308 e. The van der Waals surface area contributed by atoms with Crippen LogP contribution in [0.25, 0.3) is 11.6 Å². The molecule has 3 heterocycles. The lowest BCUT2D eigenvalue weighted by Crippen LogP contribution is -2.32. The Morgan fingerprint density at radius 3 is 2.70 bits per heavy atom. The highest BCUT2D eigenvalue weighted by atomic mass is 35.5. The molecule has 0 amide bonds. The Balaban J connectivity index is 0.000000204. The first-order valence-electron chi connectivity index (χ1n) is 11.3. The molecule has 1 aromatic heterocycles. The van der Waals surface area contributed by atoms with Gasteiger partial charge in [-0.1, -0.05) is 81.7 Å². The number of aromatic nitrogens is 2. The van der Waals surface area contributed by atoms with Crippen LogP contribution in [0.2, 0.25) is 5.02 Å². The van der Waals surface area contributed by atoms with Crippen molar-refractivity contribution in [3.05, 3.63) is 52.4 Å². The lowest BCUT2D eigenvalue weighted by molar-refractivity contribution is 0.336. The van der Waals surface area contributed by atoms with Crippen LogP contribution in [0, 0.1) is 12.8 Å². The highest BCUT2D eigenvalue weighted by Gasteiger charge is 2.30. The van der Waals surface area contributed by atoms with Gasteiger partial charge < -0.3 is 4.90 Å². The Bertz CT molecular complexity index is 941. The van der Waals surface area contributed by atoms with Crippen LogP contribution in [0.4, 0.5) is 5.82 Å². The first kappa shape index (κ1) is 21.0. The number of aliphatic imine (C=N–C) groups is 1. The van der Waals surface area contributed by atoms with E-state index < -0.39 is 0 Å². The Hall–Kier alpha value is -2.20. The van der Waals surface area contributed by atoms with Crippen LogP contribution in [0.3, 0.4) is 0 Å². The molecule has 2 aliphatic heterocycles. The minimum atomic E-state index is 0.731. The number of rotatable bonds is 3. The second-order valence-electron chi connectivity index (χ2n) is 8.38. The fourth-order valence-electron chi connectivity index (χ4n) is 4.65. The number of aryl methyl sites for hydroxylation is 1. The van der Waals surface area contributed by atoms with Crippen molar-refractivity contribution in [2.24, 2.45) is 10.9 Å². The Labute approximate surface area is 185 Å². The maximum absolute atomic E-state index is 6.35. The van der Waals surface area contributed by atoms with E-state index in [-0.39, 0.29) is 0 Å². The molecule has 5 rings (SSSR count). The van der Waals surface area contributed by atoms with E-state index in [1.807, 2.05) is 37.4 Å². The summed E-state index contributed by atoms with van der Waals surface area (Å²) in [6.45, 7) is 5.83. The molecule has 1 fully saturated rings. The minimum Gasteiger partial charge on any atom is -0.308 e. The molecule has 1 saturated carbocycles. The maximum atomic E-state index is 6.35. The fourth-order valence-corrected chi connectivity index (χ4v) is 4.89. The normalized spacial score (nSPS) is 18.0. The summed E-state index contributed by atoms with van der Waals surface area (Å²) >= 11 is 6.35. The summed E-state index contributed by atoms with van der Waals surface area (Å²) in [6.07, 6.45) is 14.4. The van der Waals surface area contributed by atoms with E-state index in [1.165, 1.54) is 44.9 Å². The number of halogens is 1. The monoisotopic (exact) mass is 422 g/mol. The van der Waals surface area contributed by atoms with Crippen LogP contribution < -0.4 is 4.90 Å². The maximum Gasteiger partial charge on any atom is 0.145 e. The first-order valence-corrected chi connectivity index (χ1v) is 11.7. The van der Waals surface area contributed by atoms with E-state index in [2.05, 4.69) is 32.9 Å². The van der Waals surface area contributed by atoms with E-state index in [9.17, 15) is 0 Å². The molecule has 5 heteroatoms. The van der Waals surface area contributed by atoms with Crippen molar-refractivity contribution >= 4 is 34.9 Å². The van der Waals surface area contributed by atoms with Crippen LogP contribution in [-0.4, -0.2) is 28.9 Å². The molecule has 0 saturated heterocycles. The highest BCUT2D eigenvalue weighted by Crippen LogP contribution is 2.36.